The second-order valence-electron chi connectivity index (χ2n) is 6.66. The number of para-hydroxylation sites is 1. The normalized spacial score (nSPS) is 15.0. The smallest absolute Gasteiger partial charge is 0.270 e. The summed E-state index contributed by atoms with van der Waals surface area (Å²) in [4.78, 5) is 14.5. The van der Waals surface area contributed by atoms with Gasteiger partial charge in [0.1, 0.15) is 24.0 Å². The lowest BCUT2D eigenvalue weighted by molar-refractivity contribution is -0.113. The maximum atomic E-state index is 14.2. The van der Waals surface area contributed by atoms with Gasteiger partial charge in [-0.3, -0.25) is 9.69 Å². The molecule has 1 heterocycles. The van der Waals surface area contributed by atoms with Crippen molar-refractivity contribution in [1.82, 2.24) is 0 Å². The molecule has 3 nitrogen and oxygen atoms in total. The highest BCUT2D eigenvalue weighted by Crippen LogP contribution is 2.39. The maximum Gasteiger partial charge on any atom is 0.270 e. The number of hydrogen-bond acceptors (Lipinski definition) is 4. The van der Waals surface area contributed by atoms with Crippen molar-refractivity contribution < 1.29 is 18.3 Å². The summed E-state index contributed by atoms with van der Waals surface area (Å²) in [5.41, 5.74) is 1.26. The van der Waals surface area contributed by atoms with Crippen molar-refractivity contribution in [3.63, 3.8) is 0 Å². The molecule has 1 aliphatic rings. The van der Waals surface area contributed by atoms with Crippen molar-refractivity contribution in [2.45, 2.75) is 6.61 Å². The summed E-state index contributed by atoms with van der Waals surface area (Å²) in [7, 11) is 0. The molecular formula is C23H13Br2F2NO2S2. The first kappa shape index (κ1) is 23.1. The van der Waals surface area contributed by atoms with Gasteiger partial charge in [-0.25, -0.2) is 8.78 Å². The van der Waals surface area contributed by atoms with Crippen LogP contribution < -0.4 is 9.64 Å². The molecule has 0 spiro atoms. The molecule has 0 radical (unpaired) electrons. The molecule has 1 fully saturated rings. The Kier molecular flexibility index (Phi) is 7.09. The van der Waals surface area contributed by atoms with Gasteiger partial charge in [0, 0.05) is 5.56 Å². The monoisotopic (exact) mass is 595 g/mol. The minimum absolute atomic E-state index is 0.0600. The van der Waals surface area contributed by atoms with Crippen molar-refractivity contribution in [2.75, 3.05) is 4.90 Å². The standard InChI is InChI=1S/C23H13Br2F2NO2S2/c24-15-9-13(10-16(25)21(15)30-12-14-5-1-2-6-17(14)26)11-20-22(29)28(23(31)32-20)19-8-4-3-7-18(19)27/h1-11H,12H2/b20-11-. The minimum Gasteiger partial charge on any atom is -0.486 e. The molecule has 4 rings (SSSR count). The Morgan fingerprint density at radius 3 is 2.28 bits per heavy atom. The number of nitrogens with zero attached hydrogens (tertiary/aromatic N) is 1. The number of ether oxygens (including phenoxy) is 1. The van der Waals surface area contributed by atoms with Crippen LogP contribution >= 0.6 is 55.8 Å². The molecule has 0 N–H and O–H groups in total. The van der Waals surface area contributed by atoms with Crippen LogP contribution in [0.2, 0.25) is 0 Å². The fourth-order valence-corrected chi connectivity index (χ4v) is 5.76. The number of rotatable bonds is 5. The molecule has 3 aromatic rings. The van der Waals surface area contributed by atoms with Crippen LogP contribution in [-0.2, 0) is 11.4 Å². The van der Waals surface area contributed by atoms with Crippen LogP contribution in [0.25, 0.3) is 6.08 Å². The van der Waals surface area contributed by atoms with E-state index in [0.29, 0.717) is 30.7 Å². The average Bonchev–Trinajstić information content (AvgIpc) is 3.02. The lowest BCUT2D eigenvalue weighted by Gasteiger charge is -2.15. The molecule has 0 aromatic heterocycles. The molecule has 3 aromatic carbocycles. The molecule has 0 saturated carbocycles. The van der Waals surface area contributed by atoms with Crippen LogP contribution in [0.1, 0.15) is 11.1 Å². The number of benzene rings is 3. The Bertz CT molecular complexity index is 1240. The van der Waals surface area contributed by atoms with Crippen molar-refractivity contribution in [2.24, 2.45) is 0 Å². The molecule has 1 saturated heterocycles. The van der Waals surface area contributed by atoms with Gasteiger partial charge in [0.2, 0.25) is 0 Å². The first-order valence-electron chi connectivity index (χ1n) is 9.23. The molecule has 9 heteroatoms. The first-order valence-corrected chi connectivity index (χ1v) is 12.0. The van der Waals surface area contributed by atoms with Gasteiger partial charge in [-0.05, 0) is 73.8 Å². The quantitative estimate of drug-likeness (QED) is 0.226. The van der Waals surface area contributed by atoms with E-state index in [4.69, 9.17) is 17.0 Å². The van der Waals surface area contributed by atoms with E-state index in [1.165, 1.54) is 23.1 Å². The zero-order valence-corrected chi connectivity index (χ0v) is 21.0. The van der Waals surface area contributed by atoms with Crippen LogP contribution in [0.3, 0.4) is 0 Å². The molecule has 162 valence electrons. The molecular weight excluding hydrogens is 584 g/mol. The van der Waals surface area contributed by atoms with Crippen LogP contribution in [0, 0.1) is 11.6 Å². The van der Waals surface area contributed by atoms with Crippen molar-refractivity contribution in [1.29, 1.82) is 0 Å². The number of halogens is 4. The summed E-state index contributed by atoms with van der Waals surface area (Å²) < 4.78 is 35.3. The Hall–Kier alpha value is -2.07. The Balaban J connectivity index is 1.57. The fraction of sp³-hybridized carbons (Fsp3) is 0.0435. The van der Waals surface area contributed by atoms with E-state index in [1.807, 2.05) is 0 Å². The minimum atomic E-state index is -0.521. The molecule has 0 atom stereocenters. The zero-order valence-electron chi connectivity index (χ0n) is 16.2. The summed E-state index contributed by atoms with van der Waals surface area (Å²) in [6, 6.07) is 15.9. The highest BCUT2D eigenvalue weighted by molar-refractivity contribution is 9.11. The van der Waals surface area contributed by atoms with Gasteiger partial charge < -0.3 is 4.74 Å². The van der Waals surface area contributed by atoms with Gasteiger partial charge in [-0.15, -0.1) is 0 Å². The van der Waals surface area contributed by atoms with Gasteiger partial charge in [0.05, 0.1) is 19.5 Å². The van der Waals surface area contributed by atoms with Crippen LogP contribution in [-0.4, -0.2) is 10.2 Å². The van der Waals surface area contributed by atoms with E-state index in [9.17, 15) is 13.6 Å². The molecule has 1 aliphatic heterocycles. The van der Waals surface area contributed by atoms with Crippen LogP contribution in [0.15, 0.2) is 74.5 Å². The SMILES string of the molecule is O=C1/C(=C/c2cc(Br)c(OCc3ccccc3F)c(Br)c2)SC(=S)N1c1ccccc1F. The predicted octanol–water partition coefficient (Wildman–Crippen LogP) is 7.47. The third kappa shape index (κ3) is 4.80. The van der Waals surface area contributed by atoms with Gasteiger partial charge in [0.25, 0.3) is 5.91 Å². The average molecular weight is 597 g/mol. The van der Waals surface area contributed by atoms with E-state index in [2.05, 4.69) is 31.9 Å². The topological polar surface area (TPSA) is 29.5 Å². The fourth-order valence-electron chi connectivity index (χ4n) is 3.03. The van der Waals surface area contributed by atoms with Gasteiger partial charge in [-0.1, -0.05) is 54.3 Å². The highest BCUT2D eigenvalue weighted by Gasteiger charge is 2.34. The van der Waals surface area contributed by atoms with Crippen molar-refractivity contribution in [3.8, 4) is 5.75 Å². The van der Waals surface area contributed by atoms with Crippen molar-refractivity contribution in [3.05, 3.63) is 97.3 Å². The number of hydrogen-bond donors (Lipinski definition) is 0. The van der Waals surface area contributed by atoms with Gasteiger partial charge in [0.15, 0.2) is 4.32 Å². The van der Waals surface area contributed by atoms with E-state index in [-0.39, 0.29) is 22.4 Å². The lowest BCUT2D eigenvalue weighted by Crippen LogP contribution is -2.28. The number of amides is 1. The summed E-state index contributed by atoms with van der Waals surface area (Å²) in [5, 5.41) is 0. The van der Waals surface area contributed by atoms with E-state index < -0.39 is 11.7 Å². The first-order chi connectivity index (χ1) is 15.3. The molecule has 0 unspecified atom stereocenters. The maximum absolute atomic E-state index is 14.2. The summed E-state index contributed by atoms with van der Waals surface area (Å²) in [5.74, 6) is -0.748. The summed E-state index contributed by atoms with van der Waals surface area (Å²) >= 11 is 13.3. The Labute approximate surface area is 209 Å². The second kappa shape index (κ2) is 9.82. The molecule has 32 heavy (non-hydrogen) atoms. The largest absolute Gasteiger partial charge is 0.486 e. The van der Waals surface area contributed by atoms with E-state index in [0.717, 1.165) is 11.8 Å². The van der Waals surface area contributed by atoms with Crippen LogP contribution in [0.5, 0.6) is 5.75 Å². The second-order valence-corrected chi connectivity index (χ2v) is 10.0. The number of anilines is 1. The molecule has 1 amide bonds. The number of carbonyl (C=O) groups is 1. The van der Waals surface area contributed by atoms with Crippen molar-refractivity contribution >= 4 is 77.8 Å². The van der Waals surface area contributed by atoms with E-state index in [1.54, 1.807) is 48.5 Å². The number of carbonyl (C=O) groups excluding carboxylic acids is 1. The summed E-state index contributed by atoms with van der Waals surface area (Å²) in [6.45, 7) is 0.0600. The van der Waals surface area contributed by atoms with E-state index >= 15 is 0 Å². The third-order valence-electron chi connectivity index (χ3n) is 4.54. The van der Waals surface area contributed by atoms with Gasteiger partial charge in [-0.2, -0.15) is 0 Å². The Morgan fingerprint density at radius 2 is 1.62 bits per heavy atom. The Morgan fingerprint density at radius 1 is 1.00 bits per heavy atom. The van der Waals surface area contributed by atoms with Gasteiger partial charge >= 0.3 is 0 Å². The summed E-state index contributed by atoms with van der Waals surface area (Å²) in [6.07, 6.45) is 1.68. The number of thiocarbonyl (C=S) groups is 1. The highest BCUT2D eigenvalue weighted by atomic mass is 79.9. The lowest BCUT2D eigenvalue weighted by atomic mass is 10.2. The molecule has 0 aliphatic carbocycles. The number of thioether (sulfide) groups is 1. The molecule has 0 bridgehead atoms. The zero-order chi connectivity index (χ0) is 22.8. The predicted molar refractivity (Wildman–Crippen MR) is 135 cm³/mol. The van der Waals surface area contributed by atoms with Crippen LogP contribution in [0.4, 0.5) is 14.5 Å². The third-order valence-corrected chi connectivity index (χ3v) is 7.02.